The van der Waals surface area contributed by atoms with Gasteiger partial charge >= 0.3 is 24.1 Å². The molecule has 0 amide bonds. The zero-order valence-electron chi connectivity index (χ0n) is 31.2. The first-order chi connectivity index (χ1) is 23.9. The number of hydrogen-bond donors (Lipinski definition) is 2. The van der Waals surface area contributed by atoms with Crippen LogP contribution in [0.1, 0.15) is 144 Å². The highest BCUT2D eigenvalue weighted by molar-refractivity contribution is 5.89. The van der Waals surface area contributed by atoms with Crippen LogP contribution in [0.25, 0.3) is 0 Å². The van der Waals surface area contributed by atoms with Crippen molar-refractivity contribution in [3.63, 3.8) is 0 Å². The van der Waals surface area contributed by atoms with Crippen molar-refractivity contribution in [2.45, 2.75) is 92.9 Å². The normalized spacial score (nSPS) is 9.86. The molecule has 0 fully saturated rings. The van der Waals surface area contributed by atoms with Gasteiger partial charge in [-0.1, -0.05) is 61.5 Å². The highest BCUT2D eigenvalue weighted by atomic mass is 16.5. The zero-order chi connectivity index (χ0) is 39.3. The van der Waals surface area contributed by atoms with E-state index in [0.717, 1.165) is 28.2 Å². The van der Waals surface area contributed by atoms with Crippen molar-refractivity contribution in [1.82, 2.24) is 24.9 Å². The number of carbonyl (C=O) groups excluding carboxylic acids is 3. The maximum absolute atomic E-state index is 11.2. The third kappa shape index (κ3) is 17.5. The minimum absolute atomic E-state index is 0.128. The number of aromatic nitrogens is 5. The van der Waals surface area contributed by atoms with Crippen molar-refractivity contribution in [2.75, 3.05) is 7.11 Å². The number of hydrogen-bond acceptors (Lipinski definition) is 11. The number of carboxylic acids is 2. The fourth-order valence-corrected chi connectivity index (χ4v) is 3.94. The summed E-state index contributed by atoms with van der Waals surface area (Å²) < 4.78 is 4.60. The molecule has 4 heterocycles. The van der Waals surface area contributed by atoms with Crippen LogP contribution < -0.4 is 0 Å². The van der Waals surface area contributed by atoms with Gasteiger partial charge in [0, 0.05) is 41.6 Å². The van der Waals surface area contributed by atoms with Gasteiger partial charge in [-0.15, -0.1) is 0 Å². The first-order valence-electron chi connectivity index (χ1n) is 16.1. The molecular formula is C38H49N5O8. The lowest BCUT2D eigenvalue weighted by molar-refractivity contribution is -0.191. The summed E-state index contributed by atoms with van der Waals surface area (Å²) in [4.78, 5) is 69.3. The Kier molecular flexibility index (Phi) is 21.0. The molecule has 4 aromatic heterocycles. The Hall–Kier alpha value is -5.68. The van der Waals surface area contributed by atoms with E-state index in [-0.39, 0.29) is 29.6 Å². The molecular weight excluding hydrogens is 654 g/mol. The van der Waals surface area contributed by atoms with Gasteiger partial charge in [-0.2, -0.15) is 9.59 Å². The number of pyridine rings is 3. The minimum Gasteiger partial charge on any atom is -0.478 e. The summed E-state index contributed by atoms with van der Waals surface area (Å²) in [5.74, 6) is -0.387. The van der Waals surface area contributed by atoms with Crippen molar-refractivity contribution in [3.8, 4) is 0 Å². The molecule has 0 unspecified atom stereocenters. The molecule has 0 spiro atoms. The summed E-state index contributed by atoms with van der Waals surface area (Å²) in [7, 11) is 1.34. The van der Waals surface area contributed by atoms with E-state index in [1.807, 2.05) is 85.9 Å². The molecule has 0 radical (unpaired) electrons. The third-order valence-corrected chi connectivity index (χ3v) is 6.57. The molecule has 13 nitrogen and oxygen atoms in total. The van der Waals surface area contributed by atoms with Gasteiger partial charge in [0.05, 0.1) is 12.7 Å². The van der Waals surface area contributed by atoms with Crippen LogP contribution >= 0.6 is 0 Å². The molecule has 0 aromatic carbocycles. The molecule has 0 bridgehead atoms. The molecule has 274 valence electrons. The second kappa shape index (κ2) is 23.6. The van der Waals surface area contributed by atoms with Crippen LogP contribution in [-0.4, -0.2) is 66.3 Å². The average Bonchev–Trinajstić information content (AvgIpc) is 3.08. The second-order valence-corrected chi connectivity index (χ2v) is 12.2. The number of methoxy groups -OCH3 is 1. The SMILES string of the molecule is CC(C)c1ccccn1.CC(C)c1cnccc1C(=O)O.COC(=O)c1cc(C)nc(C(C)C)n1.Cc1cc(C(=O)O)nc(C(C)C)c1.O=C=O. The number of aryl methyl sites for hydroxylation is 2. The maximum atomic E-state index is 11.2. The standard InChI is InChI=1S/C10H14N2O2.C10H13NO2.C9H11NO2.C8H11N.CO2/c1-6(2)9-11-7(3)5-8(12-9)10(13)14-4;1-6(2)8-4-7(3)5-9(11-8)10(12)13;1-6(2)8-5-10-4-3-7(8)9(11)12;1-7(2)8-5-3-4-6-9-8;2-1-3/h5-6H,1-4H3;4-6H,1-3H3,(H,12,13);3-6H,1-2H3,(H,11,12);3-7H,1-2H3;. The zero-order valence-corrected chi connectivity index (χ0v) is 31.2. The largest absolute Gasteiger partial charge is 0.478 e. The Labute approximate surface area is 299 Å². The van der Waals surface area contributed by atoms with Crippen molar-refractivity contribution in [1.29, 1.82) is 0 Å². The third-order valence-electron chi connectivity index (χ3n) is 6.57. The molecule has 13 heteroatoms. The Balaban J connectivity index is 0.000000642. The average molecular weight is 704 g/mol. The van der Waals surface area contributed by atoms with E-state index in [1.54, 1.807) is 18.3 Å². The van der Waals surface area contributed by atoms with Crippen LogP contribution in [0.3, 0.4) is 0 Å². The second-order valence-electron chi connectivity index (χ2n) is 12.2. The van der Waals surface area contributed by atoms with Crippen molar-refractivity contribution in [2.24, 2.45) is 0 Å². The van der Waals surface area contributed by atoms with Crippen LogP contribution in [0, 0.1) is 13.8 Å². The highest BCUT2D eigenvalue weighted by Crippen LogP contribution is 2.18. The Morgan fingerprint density at radius 1 is 0.706 bits per heavy atom. The van der Waals surface area contributed by atoms with E-state index < -0.39 is 17.9 Å². The van der Waals surface area contributed by atoms with E-state index in [9.17, 15) is 14.4 Å². The predicted molar refractivity (Wildman–Crippen MR) is 191 cm³/mol. The summed E-state index contributed by atoms with van der Waals surface area (Å²) >= 11 is 0. The van der Waals surface area contributed by atoms with Crippen molar-refractivity contribution >= 4 is 24.1 Å². The van der Waals surface area contributed by atoms with Gasteiger partial charge in [0.25, 0.3) is 0 Å². The van der Waals surface area contributed by atoms with Gasteiger partial charge in [0.1, 0.15) is 11.5 Å². The summed E-state index contributed by atoms with van der Waals surface area (Å²) in [5.41, 5.74) is 5.30. The van der Waals surface area contributed by atoms with Gasteiger partial charge < -0.3 is 14.9 Å². The van der Waals surface area contributed by atoms with Gasteiger partial charge in [0.2, 0.25) is 0 Å². The van der Waals surface area contributed by atoms with E-state index in [4.69, 9.17) is 19.8 Å². The van der Waals surface area contributed by atoms with Crippen molar-refractivity contribution < 1.29 is 38.9 Å². The summed E-state index contributed by atoms with van der Waals surface area (Å²) in [5, 5.41) is 17.5. The summed E-state index contributed by atoms with van der Waals surface area (Å²) in [6, 6.07) is 12.6. The lowest BCUT2D eigenvalue weighted by Crippen LogP contribution is -2.09. The van der Waals surface area contributed by atoms with Crippen LogP contribution in [0.2, 0.25) is 0 Å². The molecule has 4 aromatic rings. The number of esters is 1. The van der Waals surface area contributed by atoms with Crippen LogP contribution in [-0.2, 0) is 14.3 Å². The number of rotatable bonds is 7. The summed E-state index contributed by atoms with van der Waals surface area (Å²) in [6.07, 6.45) is 5.18. The molecule has 0 aliphatic heterocycles. The molecule has 0 atom stereocenters. The maximum Gasteiger partial charge on any atom is 0.373 e. The van der Waals surface area contributed by atoms with Gasteiger partial charge in [-0.3, -0.25) is 9.97 Å². The first kappa shape index (κ1) is 45.3. The topological polar surface area (TPSA) is 199 Å². The molecule has 0 aliphatic rings. The Bertz CT molecular complexity index is 1720. The van der Waals surface area contributed by atoms with E-state index in [0.29, 0.717) is 23.0 Å². The van der Waals surface area contributed by atoms with Crippen LogP contribution in [0.4, 0.5) is 0 Å². The van der Waals surface area contributed by atoms with Crippen molar-refractivity contribution in [3.05, 3.63) is 112 Å². The summed E-state index contributed by atoms with van der Waals surface area (Å²) in [6.45, 7) is 19.8. The fraction of sp³-hybridized carbons (Fsp3) is 0.395. The number of carbonyl (C=O) groups is 3. The molecule has 2 N–H and O–H groups in total. The first-order valence-corrected chi connectivity index (χ1v) is 16.1. The van der Waals surface area contributed by atoms with Gasteiger partial charge in [0.15, 0.2) is 5.69 Å². The molecule has 0 saturated carbocycles. The monoisotopic (exact) mass is 703 g/mol. The lowest BCUT2D eigenvalue weighted by Gasteiger charge is -2.07. The van der Waals surface area contributed by atoms with Gasteiger partial charge in [-0.25, -0.2) is 29.3 Å². The number of carboxylic acid groups (broad SMARTS) is 2. The van der Waals surface area contributed by atoms with E-state index in [2.05, 4.69) is 43.5 Å². The quantitative estimate of drug-likeness (QED) is 0.180. The Morgan fingerprint density at radius 2 is 1.31 bits per heavy atom. The molecule has 4 rings (SSSR count). The smallest absolute Gasteiger partial charge is 0.373 e. The van der Waals surface area contributed by atoms with Crippen LogP contribution in [0.5, 0.6) is 0 Å². The van der Waals surface area contributed by atoms with E-state index in [1.165, 1.54) is 19.4 Å². The Morgan fingerprint density at radius 3 is 1.73 bits per heavy atom. The van der Waals surface area contributed by atoms with Crippen LogP contribution in [0.15, 0.2) is 61.1 Å². The number of ether oxygens (including phenoxy) is 1. The minimum atomic E-state index is -0.967. The van der Waals surface area contributed by atoms with E-state index >= 15 is 0 Å². The lowest BCUT2D eigenvalue weighted by atomic mass is 10.00. The fourth-order valence-electron chi connectivity index (χ4n) is 3.94. The number of aromatic carboxylic acids is 2. The van der Waals surface area contributed by atoms with Gasteiger partial charge in [-0.05, 0) is 79.1 Å². The molecule has 0 saturated heterocycles. The predicted octanol–water partition coefficient (Wildman–Crippen LogP) is 7.43. The highest BCUT2D eigenvalue weighted by Gasteiger charge is 2.13. The molecule has 0 aliphatic carbocycles. The molecule has 51 heavy (non-hydrogen) atoms. The number of nitrogens with zero attached hydrogens (tertiary/aromatic N) is 5.